The largest absolute Gasteiger partial charge is 0.291 e. The summed E-state index contributed by atoms with van der Waals surface area (Å²) in [6, 6.07) is 18.2. The van der Waals surface area contributed by atoms with Gasteiger partial charge in [0.25, 0.3) is 5.56 Å². The van der Waals surface area contributed by atoms with Crippen LogP contribution in [0, 0.1) is 0 Å². The molecule has 0 saturated heterocycles. The minimum absolute atomic E-state index is 0.255. The first-order valence-corrected chi connectivity index (χ1v) is 7.30. The minimum atomic E-state index is -0.255. The summed E-state index contributed by atoms with van der Waals surface area (Å²) >= 11 is 6.04. The van der Waals surface area contributed by atoms with Crippen LogP contribution in [-0.4, -0.2) is 16.2 Å². The summed E-state index contributed by atoms with van der Waals surface area (Å²) in [4.78, 5) is 18.7. The highest BCUT2D eigenvalue weighted by atomic mass is 35.5. The Hall–Kier alpha value is -2.92. The lowest BCUT2D eigenvalue weighted by Crippen LogP contribution is -2.10. The first-order valence-electron chi connectivity index (χ1n) is 6.93. The molecule has 0 unspecified atom stereocenters. The molecule has 1 aromatic heterocycles. The van der Waals surface area contributed by atoms with Crippen molar-refractivity contribution in [3.8, 4) is 11.3 Å². The molecule has 0 aliphatic carbocycles. The van der Waals surface area contributed by atoms with E-state index in [2.05, 4.69) is 20.5 Å². The van der Waals surface area contributed by atoms with E-state index in [0.29, 0.717) is 10.7 Å². The van der Waals surface area contributed by atoms with Crippen molar-refractivity contribution in [2.45, 2.75) is 0 Å². The molecule has 0 aliphatic heterocycles. The maximum atomic E-state index is 11.8. The molecule has 0 fully saturated rings. The SMILES string of the molecule is O=c1cc(-c2ccccc2)nc(N/N=C\c2ccccc2Cl)[nH]1. The second-order valence-electron chi connectivity index (χ2n) is 4.74. The number of H-pyrrole nitrogens is 1. The Bertz CT molecular complexity index is 890. The number of hydrazone groups is 1. The van der Waals surface area contributed by atoms with Gasteiger partial charge in [-0.05, 0) is 6.07 Å². The summed E-state index contributed by atoms with van der Waals surface area (Å²) in [6.07, 6.45) is 1.57. The number of nitrogens with one attached hydrogen (secondary N) is 2. The molecule has 5 nitrogen and oxygen atoms in total. The van der Waals surface area contributed by atoms with Crippen LogP contribution in [0.1, 0.15) is 5.56 Å². The van der Waals surface area contributed by atoms with Crippen molar-refractivity contribution in [3.63, 3.8) is 0 Å². The number of anilines is 1. The third kappa shape index (κ3) is 3.84. The average Bonchev–Trinajstić information content (AvgIpc) is 2.57. The van der Waals surface area contributed by atoms with E-state index >= 15 is 0 Å². The normalized spacial score (nSPS) is 10.8. The standard InChI is InChI=1S/C17H13ClN4O/c18-14-9-5-4-8-13(14)11-19-22-17-20-15(10-16(23)21-17)12-6-2-1-3-7-12/h1-11H,(H2,20,21,22,23)/b19-11-. The van der Waals surface area contributed by atoms with Crippen LogP contribution in [0.25, 0.3) is 11.3 Å². The third-order valence-corrected chi connectivity index (χ3v) is 3.43. The van der Waals surface area contributed by atoms with Gasteiger partial charge in [-0.15, -0.1) is 0 Å². The van der Waals surface area contributed by atoms with Crippen LogP contribution in [0.5, 0.6) is 0 Å². The fraction of sp³-hybridized carbons (Fsp3) is 0. The van der Waals surface area contributed by atoms with Gasteiger partial charge in [0, 0.05) is 22.2 Å². The molecule has 0 spiro atoms. The Morgan fingerprint density at radius 1 is 1.09 bits per heavy atom. The Labute approximate surface area is 137 Å². The van der Waals surface area contributed by atoms with Crippen LogP contribution < -0.4 is 11.0 Å². The molecule has 1 heterocycles. The maximum absolute atomic E-state index is 11.8. The molecule has 0 aliphatic rings. The molecule has 3 rings (SSSR count). The topological polar surface area (TPSA) is 70.1 Å². The smallest absolute Gasteiger partial charge is 0.252 e. The summed E-state index contributed by atoms with van der Waals surface area (Å²) in [5.41, 5.74) is 4.66. The van der Waals surface area contributed by atoms with Crippen LogP contribution in [0.4, 0.5) is 5.95 Å². The van der Waals surface area contributed by atoms with E-state index in [-0.39, 0.29) is 11.5 Å². The highest BCUT2D eigenvalue weighted by Gasteiger charge is 2.03. The quantitative estimate of drug-likeness (QED) is 0.569. The summed E-state index contributed by atoms with van der Waals surface area (Å²) < 4.78 is 0. The predicted octanol–water partition coefficient (Wildman–Crippen LogP) is 3.54. The highest BCUT2D eigenvalue weighted by molar-refractivity contribution is 6.33. The number of hydrogen-bond acceptors (Lipinski definition) is 4. The lowest BCUT2D eigenvalue weighted by Gasteiger charge is -2.03. The Balaban J connectivity index is 1.83. The predicted molar refractivity (Wildman–Crippen MR) is 93.0 cm³/mol. The van der Waals surface area contributed by atoms with E-state index in [9.17, 15) is 4.79 Å². The third-order valence-electron chi connectivity index (χ3n) is 3.09. The van der Waals surface area contributed by atoms with Crippen LogP contribution in [-0.2, 0) is 0 Å². The second kappa shape index (κ2) is 6.89. The number of hydrogen-bond donors (Lipinski definition) is 2. The van der Waals surface area contributed by atoms with Gasteiger partial charge in [0.1, 0.15) is 0 Å². The zero-order chi connectivity index (χ0) is 16.1. The van der Waals surface area contributed by atoms with Crippen molar-refractivity contribution >= 4 is 23.8 Å². The van der Waals surface area contributed by atoms with Crippen molar-refractivity contribution in [3.05, 3.63) is 81.6 Å². The Morgan fingerprint density at radius 2 is 1.83 bits per heavy atom. The molecule has 2 N–H and O–H groups in total. The van der Waals surface area contributed by atoms with Gasteiger partial charge < -0.3 is 0 Å². The van der Waals surface area contributed by atoms with Crippen molar-refractivity contribution in [2.24, 2.45) is 5.10 Å². The van der Waals surface area contributed by atoms with Gasteiger partial charge >= 0.3 is 0 Å². The molecule has 23 heavy (non-hydrogen) atoms. The number of rotatable bonds is 4. The minimum Gasteiger partial charge on any atom is -0.291 e. The molecule has 3 aromatic rings. The highest BCUT2D eigenvalue weighted by Crippen LogP contribution is 2.15. The van der Waals surface area contributed by atoms with Crippen LogP contribution in [0.15, 0.2) is 70.6 Å². The van der Waals surface area contributed by atoms with Crippen molar-refractivity contribution in [1.82, 2.24) is 9.97 Å². The van der Waals surface area contributed by atoms with E-state index in [1.807, 2.05) is 48.5 Å². The molecule has 0 saturated carbocycles. The molecular weight excluding hydrogens is 312 g/mol. The number of halogens is 1. The fourth-order valence-corrected chi connectivity index (χ4v) is 2.19. The Kier molecular flexibility index (Phi) is 4.49. The first-order chi connectivity index (χ1) is 11.2. The number of aromatic amines is 1. The van der Waals surface area contributed by atoms with E-state index in [0.717, 1.165) is 11.1 Å². The van der Waals surface area contributed by atoms with Crippen LogP contribution >= 0.6 is 11.6 Å². The first kappa shape index (κ1) is 15.0. The summed E-state index contributed by atoms with van der Waals surface area (Å²) in [5, 5.41) is 4.65. The second-order valence-corrected chi connectivity index (χ2v) is 5.14. The van der Waals surface area contributed by atoms with Crippen LogP contribution in [0.3, 0.4) is 0 Å². The maximum Gasteiger partial charge on any atom is 0.252 e. The molecule has 114 valence electrons. The van der Waals surface area contributed by atoms with E-state index in [4.69, 9.17) is 11.6 Å². The van der Waals surface area contributed by atoms with Gasteiger partial charge in [-0.3, -0.25) is 9.78 Å². The summed E-state index contributed by atoms with van der Waals surface area (Å²) in [6.45, 7) is 0. The van der Waals surface area contributed by atoms with Crippen molar-refractivity contribution < 1.29 is 0 Å². The van der Waals surface area contributed by atoms with Gasteiger partial charge in [-0.25, -0.2) is 10.4 Å². The molecule has 6 heteroatoms. The monoisotopic (exact) mass is 324 g/mol. The zero-order valence-electron chi connectivity index (χ0n) is 12.0. The summed E-state index contributed by atoms with van der Waals surface area (Å²) in [7, 11) is 0. The number of benzene rings is 2. The average molecular weight is 325 g/mol. The lowest BCUT2D eigenvalue weighted by molar-refractivity contribution is 1.09. The van der Waals surface area contributed by atoms with E-state index < -0.39 is 0 Å². The molecule has 0 amide bonds. The summed E-state index contributed by atoms with van der Waals surface area (Å²) in [5.74, 6) is 0.264. The van der Waals surface area contributed by atoms with Gasteiger partial charge in [0.05, 0.1) is 11.9 Å². The van der Waals surface area contributed by atoms with Crippen molar-refractivity contribution in [2.75, 3.05) is 5.43 Å². The van der Waals surface area contributed by atoms with Gasteiger partial charge in [0.2, 0.25) is 5.95 Å². The zero-order valence-corrected chi connectivity index (χ0v) is 12.8. The van der Waals surface area contributed by atoms with Crippen LogP contribution in [0.2, 0.25) is 5.02 Å². The molecule has 2 aromatic carbocycles. The van der Waals surface area contributed by atoms with Gasteiger partial charge in [-0.2, -0.15) is 5.10 Å². The number of nitrogens with zero attached hydrogens (tertiary/aromatic N) is 2. The Morgan fingerprint density at radius 3 is 2.61 bits per heavy atom. The van der Waals surface area contributed by atoms with Gasteiger partial charge in [-0.1, -0.05) is 60.1 Å². The molecule has 0 radical (unpaired) electrons. The fourth-order valence-electron chi connectivity index (χ4n) is 2.01. The van der Waals surface area contributed by atoms with Crippen molar-refractivity contribution in [1.29, 1.82) is 0 Å². The molecule has 0 bridgehead atoms. The molecule has 0 atom stereocenters. The lowest BCUT2D eigenvalue weighted by atomic mass is 10.1. The molecular formula is C17H13ClN4O. The van der Waals surface area contributed by atoms with E-state index in [1.54, 1.807) is 12.3 Å². The number of aromatic nitrogens is 2. The van der Waals surface area contributed by atoms with E-state index in [1.165, 1.54) is 6.07 Å². The van der Waals surface area contributed by atoms with Gasteiger partial charge in [0.15, 0.2) is 0 Å².